The van der Waals surface area contributed by atoms with Gasteiger partial charge in [0.1, 0.15) is 11.9 Å². The van der Waals surface area contributed by atoms with Crippen molar-refractivity contribution >= 4 is 17.7 Å². The molecule has 8 nitrogen and oxygen atoms in total. The fourth-order valence-corrected chi connectivity index (χ4v) is 4.01. The van der Waals surface area contributed by atoms with Gasteiger partial charge < -0.3 is 20.5 Å². The molecule has 0 unspecified atom stereocenters. The molecule has 8 heteroatoms. The van der Waals surface area contributed by atoms with Crippen molar-refractivity contribution in [2.24, 2.45) is 5.41 Å². The monoisotopic (exact) mass is 349 g/mol. The third kappa shape index (κ3) is 3.78. The van der Waals surface area contributed by atoms with Crippen molar-refractivity contribution in [2.75, 3.05) is 37.3 Å². The Morgan fingerprint density at radius 1 is 1.40 bits per heavy atom. The molecule has 2 saturated heterocycles. The molecule has 3 N–H and O–H groups in total. The molecule has 138 valence electrons. The zero-order valence-electron chi connectivity index (χ0n) is 15.1. The molecule has 3 heterocycles. The Bertz CT molecular complexity index is 643. The molecule has 2 fully saturated rings. The number of aliphatic carboxylic acids is 1. The van der Waals surface area contributed by atoms with Gasteiger partial charge in [-0.05, 0) is 45.6 Å². The number of anilines is 2. The van der Waals surface area contributed by atoms with Crippen molar-refractivity contribution < 1.29 is 14.6 Å². The molecular weight excluding hydrogens is 322 g/mol. The van der Waals surface area contributed by atoms with Crippen molar-refractivity contribution in [1.82, 2.24) is 14.9 Å². The van der Waals surface area contributed by atoms with Crippen LogP contribution in [0.25, 0.3) is 0 Å². The minimum absolute atomic E-state index is 0.0220. The van der Waals surface area contributed by atoms with Crippen LogP contribution in [0.3, 0.4) is 0 Å². The summed E-state index contributed by atoms with van der Waals surface area (Å²) in [6, 6.07) is 1.46. The average Bonchev–Trinajstić information content (AvgIpc) is 2.83. The molecule has 25 heavy (non-hydrogen) atoms. The SMILES string of the molecule is CC(C)Oc1cc(N2CCC3(CC2)C[C@H](C(=O)O)N(C)C3)nc(N)n1. The number of hydrogen-bond acceptors (Lipinski definition) is 7. The molecule has 3 rings (SSSR count). The fraction of sp³-hybridized carbons (Fsp3) is 0.706. The first-order valence-electron chi connectivity index (χ1n) is 8.77. The van der Waals surface area contributed by atoms with Gasteiger partial charge in [0.15, 0.2) is 0 Å². The maximum Gasteiger partial charge on any atom is 0.320 e. The Labute approximate surface area is 148 Å². The molecular formula is C17H27N5O3. The van der Waals surface area contributed by atoms with Crippen LogP contribution in [0, 0.1) is 5.41 Å². The van der Waals surface area contributed by atoms with Crippen molar-refractivity contribution in [2.45, 2.75) is 45.3 Å². The maximum absolute atomic E-state index is 11.4. The third-order valence-electron chi connectivity index (χ3n) is 5.24. The largest absolute Gasteiger partial charge is 0.480 e. The number of nitrogens with zero attached hydrogens (tertiary/aromatic N) is 4. The van der Waals surface area contributed by atoms with Gasteiger partial charge in [0.25, 0.3) is 0 Å². The molecule has 1 spiro atoms. The number of likely N-dealkylation sites (N-methyl/N-ethyl adjacent to an activating group) is 1. The number of carboxylic acid groups (broad SMARTS) is 1. The summed E-state index contributed by atoms with van der Waals surface area (Å²) in [4.78, 5) is 24.0. The number of likely N-dealkylation sites (tertiary alicyclic amines) is 1. The molecule has 0 bridgehead atoms. The quantitative estimate of drug-likeness (QED) is 0.836. The third-order valence-corrected chi connectivity index (χ3v) is 5.24. The molecule has 0 aromatic carbocycles. The summed E-state index contributed by atoms with van der Waals surface area (Å²) < 4.78 is 5.64. The zero-order valence-corrected chi connectivity index (χ0v) is 15.1. The number of ether oxygens (including phenoxy) is 1. The highest BCUT2D eigenvalue weighted by molar-refractivity contribution is 5.74. The van der Waals surface area contributed by atoms with E-state index in [9.17, 15) is 9.90 Å². The molecule has 2 aliphatic rings. The van der Waals surface area contributed by atoms with Crippen LogP contribution in [0.5, 0.6) is 5.88 Å². The van der Waals surface area contributed by atoms with Gasteiger partial charge >= 0.3 is 5.97 Å². The van der Waals surface area contributed by atoms with E-state index in [0.29, 0.717) is 5.88 Å². The van der Waals surface area contributed by atoms with Crippen LogP contribution in [-0.4, -0.2) is 64.8 Å². The topological polar surface area (TPSA) is 105 Å². The number of rotatable bonds is 4. The van der Waals surface area contributed by atoms with E-state index >= 15 is 0 Å². The first-order chi connectivity index (χ1) is 11.8. The second-order valence-corrected chi connectivity index (χ2v) is 7.55. The summed E-state index contributed by atoms with van der Waals surface area (Å²) in [6.45, 7) is 6.39. The lowest BCUT2D eigenvalue weighted by Gasteiger charge is -2.39. The normalized spacial score (nSPS) is 23.4. The summed E-state index contributed by atoms with van der Waals surface area (Å²) >= 11 is 0. The minimum atomic E-state index is -0.721. The van der Waals surface area contributed by atoms with Crippen molar-refractivity contribution in [3.8, 4) is 5.88 Å². The van der Waals surface area contributed by atoms with E-state index in [1.165, 1.54) is 0 Å². The highest BCUT2D eigenvalue weighted by Crippen LogP contribution is 2.43. The maximum atomic E-state index is 11.4. The number of hydrogen-bond donors (Lipinski definition) is 2. The van der Waals surface area contributed by atoms with Gasteiger partial charge in [-0.25, -0.2) is 0 Å². The second-order valence-electron chi connectivity index (χ2n) is 7.55. The number of carboxylic acids is 1. The Hall–Kier alpha value is -2.09. The standard InChI is InChI=1S/C17H27N5O3/c1-11(2)25-14-8-13(19-16(18)20-14)22-6-4-17(5-7-22)9-12(15(23)24)21(3)10-17/h8,11-12H,4-7,9-10H2,1-3H3,(H,23,24)(H2,18,19,20)/t12-/m1/s1. The van der Waals surface area contributed by atoms with Crippen LogP contribution in [0.15, 0.2) is 6.07 Å². The summed E-state index contributed by atoms with van der Waals surface area (Å²) in [5, 5.41) is 9.36. The van der Waals surface area contributed by atoms with E-state index in [2.05, 4.69) is 14.9 Å². The summed E-state index contributed by atoms with van der Waals surface area (Å²) in [5.41, 5.74) is 5.91. The first kappa shape index (κ1) is 17.7. The summed E-state index contributed by atoms with van der Waals surface area (Å²) in [5.74, 6) is 0.754. The Morgan fingerprint density at radius 2 is 2.08 bits per heavy atom. The Balaban J connectivity index is 1.69. The lowest BCUT2D eigenvalue weighted by atomic mass is 9.76. The fourth-order valence-electron chi connectivity index (χ4n) is 4.01. The second kappa shape index (κ2) is 6.67. The van der Waals surface area contributed by atoms with Gasteiger partial charge in [-0.15, -0.1) is 0 Å². The number of nitrogen functional groups attached to an aromatic ring is 1. The van der Waals surface area contributed by atoms with Crippen LogP contribution < -0.4 is 15.4 Å². The van der Waals surface area contributed by atoms with Crippen LogP contribution in [-0.2, 0) is 4.79 Å². The number of nitrogens with two attached hydrogens (primary N) is 1. The van der Waals surface area contributed by atoms with Crippen LogP contribution >= 0.6 is 0 Å². The predicted molar refractivity (Wildman–Crippen MR) is 94.8 cm³/mol. The minimum Gasteiger partial charge on any atom is -0.480 e. The van der Waals surface area contributed by atoms with Crippen LogP contribution in [0.2, 0.25) is 0 Å². The van der Waals surface area contributed by atoms with Crippen molar-refractivity contribution in [3.05, 3.63) is 6.07 Å². The highest BCUT2D eigenvalue weighted by atomic mass is 16.5. The molecule has 0 aliphatic carbocycles. The smallest absolute Gasteiger partial charge is 0.320 e. The molecule has 2 aliphatic heterocycles. The van der Waals surface area contributed by atoms with Gasteiger partial charge in [-0.2, -0.15) is 9.97 Å². The first-order valence-corrected chi connectivity index (χ1v) is 8.77. The molecule has 0 radical (unpaired) electrons. The lowest BCUT2D eigenvalue weighted by molar-refractivity contribution is -0.141. The van der Waals surface area contributed by atoms with E-state index in [-0.39, 0.29) is 23.5 Å². The van der Waals surface area contributed by atoms with Gasteiger partial charge in [0.2, 0.25) is 11.8 Å². The van der Waals surface area contributed by atoms with Gasteiger partial charge in [0.05, 0.1) is 6.10 Å². The van der Waals surface area contributed by atoms with Gasteiger partial charge in [0, 0.05) is 25.7 Å². The van der Waals surface area contributed by atoms with E-state index in [1.807, 2.05) is 31.9 Å². The molecule has 1 aromatic heterocycles. The highest BCUT2D eigenvalue weighted by Gasteiger charge is 2.46. The molecule has 1 atom stereocenters. The molecule has 1 aromatic rings. The van der Waals surface area contributed by atoms with E-state index in [4.69, 9.17) is 10.5 Å². The predicted octanol–water partition coefficient (Wildman–Crippen LogP) is 1.22. The van der Waals surface area contributed by atoms with E-state index in [1.54, 1.807) is 0 Å². The number of piperidine rings is 1. The summed E-state index contributed by atoms with van der Waals surface area (Å²) in [6.07, 6.45) is 2.64. The van der Waals surface area contributed by atoms with Crippen molar-refractivity contribution in [1.29, 1.82) is 0 Å². The number of aromatic nitrogens is 2. The Kier molecular flexibility index (Phi) is 4.73. The molecule has 0 amide bonds. The van der Waals surface area contributed by atoms with E-state index < -0.39 is 5.97 Å². The van der Waals surface area contributed by atoms with Gasteiger partial charge in [-0.1, -0.05) is 0 Å². The number of carbonyl (C=O) groups is 1. The summed E-state index contributed by atoms with van der Waals surface area (Å²) in [7, 11) is 1.90. The van der Waals surface area contributed by atoms with Crippen LogP contribution in [0.1, 0.15) is 33.1 Å². The van der Waals surface area contributed by atoms with Crippen molar-refractivity contribution in [3.63, 3.8) is 0 Å². The average molecular weight is 349 g/mol. The lowest BCUT2D eigenvalue weighted by Crippen LogP contribution is -2.41. The zero-order chi connectivity index (χ0) is 18.2. The van der Waals surface area contributed by atoms with E-state index in [0.717, 1.165) is 44.7 Å². The van der Waals surface area contributed by atoms with Gasteiger partial charge in [-0.3, -0.25) is 9.69 Å². The molecule has 0 saturated carbocycles. The van der Waals surface area contributed by atoms with Crippen LogP contribution in [0.4, 0.5) is 11.8 Å². The Morgan fingerprint density at radius 3 is 2.64 bits per heavy atom.